The normalized spacial score (nSPS) is 27.8. The number of rotatable bonds is 3. The van der Waals surface area contributed by atoms with E-state index >= 15 is 0 Å². The molecule has 1 heterocycles. The molecule has 1 saturated carbocycles. The van der Waals surface area contributed by atoms with Crippen molar-refractivity contribution < 1.29 is 9.53 Å². The Morgan fingerprint density at radius 3 is 2.67 bits per heavy atom. The fourth-order valence-corrected chi connectivity index (χ4v) is 3.51. The fourth-order valence-electron chi connectivity index (χ4n) is 3.51. The molecule has 1 unspecified atom stereocenters. The summed E-state index contributed by atoms with van der Waals surface area (Å²) in [6.45, 7) is 2.80. The molecule has 0 spiro atoms. The molecule has 1 atom stereocenters. The van der Waals surface area contributed by atoms with Crippen LogP contribution in [0.5, 0.6) is 5.75 Å². The molecule has 3 rings (SSSR count). The van der Waals surface area contributed by atoms with E-state index in [0.717, 1.165) is 43.5 Å². The number of nitrogens with two attached hydrogens (primary N) is 1. The van der Waals surface area contributed by atoms with Crippen LogP contribution in [0, 0.1) is 0 Å². The van der Waals surface area contributed by atoms with Gasteiger partial charge in [0.2, 0.25) is 0 Å². The van der Waals surface area contributed by atoms with Gasteiger partial charge in [-0.2, -0.15) is 0 Å². The van der Waals surface area contributed by atoms with Gasteiger partial charge in [-0.25, -0.2) is 0 Å². The van der Waals surface area contributed by atoms with Crippen LogP contribution in [0.1, 0.15) is 38.2 Å². The summed E-state index contributed by atoms with van der Waals surface area (Å²) in [7, 11) is 0. The first-order valence-corrected chi connectivity index (χ1v) is 7.99. The lowest BCUT2D eigenvalue weighted by atomic mass is 9.90. The van der Waals surface area contributed by atoms with Crippen molar-refractivity contribution in [3.63, 3.8) is 0 Å². The smallest absolute Gasteiger partial charge is 0.264 e. The van der Waals surface area contributed by atoms with Gasteiger partial charge in [0.15, 0.2) is 6.10 Å². The van der Waals surface area contributed by atoms with Crippen LogP contribution >= 0.6 is 0 Å². The van der Waals surface area contributed by atoms with E-state index in [9.17, 15) is 4.79 Å². The molecule has 1 aromatic rings. The Bertz CT molecular complexity index is 484. The van der Waals surface area contributed by atoms with Gasteiger partial charge < -0.3 is 15.4 Å². The highest BCUT2D eigenvalue weighted by molar-refractivity contribution is 5.83. The van der Waals surface area contributed by atoms with Gasteiger partial charge in [0.1, 0.15) is 5.75 Å². The highest BCUT2D eigenvalue weighted by Crippen LogP contribution is 2.30. The summed E-state index contributed by atoms with van der Waals surface area (Å²) < 4.78 is 5.85. The number of likely N-dealkylation sites (N-methyl/N-ethyl adjacent to an activating group) is 1. The molecule has 1 aromatic carbocycles. The van der Waals surface area contributed by atoms with Crippen LogP contribution in [0.3, 0.4) is 0 Å². The van der Waals surface area contributed by atoms with Crippen LogP contribution in [0.15, 0.2) is 24.3 Å². The molecule has 4 heteroatoms. The molecule has 2 aliphatic rings. The summed E-state index contributed by atoms with van der Waals surface area (Å²) in [4.78, 5) is 14.8. The molecule has 1 aliphatic carbocycles. The number of carbonyl (C=O) groups excluding carboxylic acids is 1. The Morgan fingerprint density at radius 1 is 1.29 bits per heavy atom. The number of fused-ring (bicyclic) bond motifs is 1. The van der Waals surface area contributed by atoms with Crippen molar-refractivity contribution in [2.24, 2.45) is 5.73 Å². The molecule has 0 radical (unpaired) electrons. The molecule has 0 aromatic heterocycles. The van der Waals surface area contributed by atoms with E-state index in [1.807, 2.05) is 29.2 Å². The van der Waals surface area contributed by atoms with Gasteiger partial charge in [-0.3, -0.25) is 4.79 Å². The first-order chi connectivity index (χ1) is 10.2. The second kappa shape index (κ2) is 6.06. The number of nitrogens with zero attached hydrogens (tertiary/aromatic N) is 1. The van der Waals surface area contributed by atoms with Gasteiger partial charge in [0.25, 0.3) is 5.91 Å². The third kappa shape index (κ3) is 2.91. The zero-order valence-corrected chi connectivity index (χ0v) is 12.6. The van der Waals surface area contributed by atoms with E-state index in [4.69, 9.17) is 10.5 Å². The zero-order chi connectivity index (χ0) is 14.8. The third-order valence-corrected chi connectivity index (χ3v) is 4.73. The monoisotopic (exact) mass is 288 g/mol. The molecule has 4 nitrogen and oxygen atoms in total. The summed E-state index contributed by atoms with van der Waals surface area (Å²) in [6.07, 6.45) is 4.40. The minimum Gasteiger partial charge on any atom is -0.480 e. The molecule has 21 heavy (non-hydrogen) atoms. The zero-order valence-electron chi connectivity index (χ0n) is 12.6. The summed E-state index contributed by atoms with van der Waals surface area (Å²) in [5.74, 6) is 0.992. The lowest BCUT2D eigenvalue weighted by molar-refractivity contribution is -0.140. The van der Waals surface area contributed by atoms with E-state index in [-0.39, 0.29) is 12.0 Å². The second-order valence-corrected chi connectivity index (χ2v) is 6.11. The molecule has 1 aliphatic heterocycles. The van der Waals surface area contributed by atoms with Gasteiger partial charge in [0.05, 0.1) is 0 Å². The Kier molecular flexibility index (Phi) is 4.15. The van der Waals surface area contributed by atoms with Crippen molar-refractivity contribution in [3.05, 3.63) is 29.8 Å². The molecule has 1 fully saturated rings. The van der Waals surface area contributed by atoms with E-state index in [1.54, 1.807) is 0 Å². The van der Waals surface area contributed by atoms with Crippen LogP contribution < -0.4 is 10.5 Å². The van der Waals surface area contributed by atoms with Crippen LogP contribution in [0.4, 0.5) is 0 Å². The molecule has 114 valence electrons. The lowest BCUT2D eigenvalue weighted by Crippen LogP contribution is -2.49. The number of carbonyl (C=O) groups is 1. The van der Waals surface area contributed by atoms with Crippen LogP contribution in [-0.4, -0.2) is 35.5 Å². The average Bonchev–Trinajstić information content (AvgIpc) is 2.93. The van der Waals surface area contributed by atoms with Gasteiger partial charge >= 0.3 is 0 Å². The first kappa shape index (κ1) is 14.4. The number of hydrogen-bond donors (Lipinski definition) is 1. The van der Waals surface area contributed by atoms with Crippen molar-refractivity contribution in [2.45, 2.75) is 57.2 Å². The maximum Gasteiger partial charge on any atom is 0.264 e. The highest BCUT2D eigenvalue weighted by Gasteiger charge is 2.35. The first-order valence-electron chi connectivity index (χ1n) is 7.99. The van der Waals surface area contributed by atoms with Crippen molar-refractivity contribution >= 4 is 5.91 Å². The van der Waals surface area contributed by atoms with Crippen LogP contribution in [-0.2, 0) is 11.2 Å². The molecular formula is C17H24N2O2. The number of amides is 1. The maximum atomic E-state index is 12.8. The predicted molar refractivity (Wildman–Crippen MR) is 82.2 cm³/mol. The number of para-hydroxylation sites is 1. The van der Waals surface area contributed by atoms with Gasteiger partial charge in [-0.1, -0.05) is 18.2 Å². The van der Waals surface area contributed by atoms with Gasteiger partial charge in [0, 0.05) is 25.0 Å². The predicted octanol–water partition coefficient (Wildman–Crippen LogP) is 2.11. The molecular weight excluding hydrogens is 264 g/mol. The SMILES string of the molecule is CCN(C(=O)C1Cc2ccccc2O1)C1CCC(N)CC1. The second-order valence-electron chi connectivity index (χ2n) is 6.11. The largest absolute Gasteiger partial charge is 0.480 e. The van der Waals surface area contributed by atoms with Crippen molar-refractivity contribution in [3.8, 4) is 5.75 Å². The fraction of sp³-hybridized carbons (Fsp3) is 0.588. The molecule has 0 saturated heterocycles. The van der Waals surface area contributed by atoms with Crippen LogP contribution in [0.2, 0.25) is 0 Å². The maximum absolute atomic E-state index is 12.8. The summed E-state index contributed by atoms with van der Waals surface area (Å²) in [5.41, 5.74) is 7.10. The number of ether oxygens (including phenoxy) is 1. The van der Waals surface area contributed by atoms with E-state index in [2.05, 4.69) is 6.92 Å². The Morgan fingerprint density at radius 2 is 2.00 bits per heavy atom. The standard InChI is InChI=1S/C17H24N2O2/c1-2-19(14-9-7-13(18)8-10-14)17(20)16-11-12-5-3-4-6-15(12)21-16/h3-6,13-14,16H,2,7-11,18H2,1H3. The highest BCUT2D eigenvalue weighted by atomic mass is 16.5. The summed E-state index contributed by atoms with van der Waals surface area (Å²) in [6, 6.07) is 8.56. The Hall–Kier alpha value is -1.55. The van der Waals surface area contributed by atoms with E-state index in [0.29, 0.717) is 18.5 Å². The third-order valence-electron chi connectivity index (χ3n) is 4.73. The van der Waals surface area contributed by atoms with Crippen molar-refractivity contribution in [1.82, 2.24) is 4.90 Å². The van der Waals surface area contributed by atoms with Gasteiger partial charge in [-0.05, 0) is 44.2 Å². The minimum atomic E-state index is -0.349. The van der Waals surface area contributed by atoms with Crippen LogP contribution in [0.25, 0.3) is 0 Å². The Balaban J connectivity index is 1.67. The van der Waals surface area contributed by atoms with Crippen molar-refractivity contribution in [1.29, 1.82) is 0 Å². The minimum absolute atomic E-state index is 0.133. The number of benzene rings is 1. The molecule has 2 N–H and O–H groups in total. The molecule has 0 bridgehead atoms. The molecule has 1 amide bonds. The summed E-state index contributed by atoms with van der Waals surface area (Å²) in [5, 5.41) is 0. The van der Waals surface area contributed by atoms with Crippen molar-refractivity contribution in [2.75, 3.05) is 6.54 Å². The Labute approximate surface area is 126 Å². The van der Waals surface area contributed by atoms with E-state index < -0.39 is 0 Å². The quantitative estimate of drug-likeness (QED) is 0.927. The lowest BCUT2D eigenvalue weighted by Gasteiger charge is -2.36. The number of hydrogen-bond acceptors (Lipinski definition) is 3. The average molecular weight is 288 g/mol. The topological polar surface area (TPSA) is 55.6 Å². The summed E-state index contributed by atoms with van der Waals surface area (Å²) >= 11 is 0. The van der Waals surface area contributed by atoms with E-state index in [1.165, 1.54) is 0 Å². The van der Waals surface area contributed by atoms with Gasteiger partial charge in [-0.15, -0.1) is 0 Å².